The minimum Gasteiger partial charge on any atom is -0.449 e. The molecule has 0 aromatic heterocycles. The lowest BCUT2D eigenvalue weighted by Crippen LogP contribution is -2.29. The van der Waals surface area contributed by atoms with Gasteiger partial charge in [0.15, 0.2) is 0 Å². The van der Waals surface area contributed by atoms with E-state index in [2.05, 4.69) is 30.6 Å². The second-order valence-corrected chi connectivity index (χ2v) is 6.36. The molecule has 0 bridgehead atoms. The number of amides is 1. The van der Waals surface area contributed by atoms with Crippen molar-refractivity contribution in [3.63, 3.8) is 0 Å². The molecule has 19 heavy (non-hydrogen) atoms. The van der Waals surface area contributed by atoms with Crippen molar-refractivity contribution >= 4 is 37.0 Å². The quantitative estimate of drug-likeness (QED) is 0.499. The van der Waals surface area contributed by atoms with Crippen LogP contribution in [0.15, 0.2) is 24.3 Å². The number of hydrogen-bond acceptors (Lipinski definition) is 5. The van der Waals surface area contributed by atoms with Crippen LogP contribution in [-0.2, 0) is 11.3 Å². The third-order valence-corrected chi connectivity index (χ3v) is 4.06. The van der Waals surface area contributed by atoms with Crippen molar-refractivity contribution in [2.45, 2.75) is 25.0 Å². The highest BCUT2D eigenvalue weighted by molar-refractivity contribution is 7.99. The lowest BCUT2D eigenvalue weighted by atomic mass is 9.98. The van der Waals surface area contributed by atoms with E-state index in [1.807, 2.05) is 13.8 Å². The number of carbonyl (C=O) groups is 1. The smallest absolute Gasteiger partial charge is 0.411 e. The molecule has 1 amide bonds. The van der Waals surface area contributed by atoms with Crippen LogP contribution in [0.3, 0.4) is 0 Å². The summed E-state index contributed by atoms with van der Waals surface area (Å²) < 4.78 is 4.95. The Labute approximate surface area is 124 Å². The molecule has 2 N–H and O–H groups in total. The van der Waals surface area contributed by atoms with E-state index in [1.165, 1.54) is 0 Å². The number of rotatable bonds is 5. The second-order valence-electron chi connectivity index (χ2n) is 4.92. The van der Waals surface area contributed by atoms with Gasteiger partial charge in [-0.2, -0.15) is 25.3 Å². The molecule has 1 aromatic carbocycles. The first kappa shape index (κ1) is 16.2. The first-order chi connectivity index (χ1) is 8.85. The van der Waals surface area contributed by atoms with E-state index >= 15 is 0 Å². The van der Waals surface area contributed by atoms with Gasteiger partial charge >= 0.3 is 6.09 Å². The number of ether oxygens (including phenoxy) is 1. The fourth-order valence-corrected chi connectivity index (χ4v) is 1.32. The number of hydrogen-bond donors (Lipinski definition) is 4. The van der Waals surface area contributed by atoms with Crippen molar-refractivity contribution in [3.8, 4) is 0 Å². The summed E-state index contributed by atoms with van der Waals surface area (Å²) >= 11 is 8.46. The van der Waals surface area contributed by atoms with Crippen molar-refractivity contribution < 1.29 is 14.6 Å². The van der Waals surface area contributed by atoms with Crippen LogP contribution in [0, 0.1) is 5.41 Å². The maximum atomic E-state index is 11.6. The van der Waals surface area contributed by atoms with Crippen LogP contribution < -0.4 is 5.32 Å². The van der Waals surface area contributed by atoms with Crippen LogP contribution in [0.1, 0.15) is 19.4 Å². The van der Waals surface area contributed by atoms with Crippen LogP contribution in [0.2, 0.25) is 0 Å². The van der Waals surface area contributed by atoms with Crippen molar-refractivity contribution in [2.24, 2.45) is 5.41 Å². The predicted octanol–water partition coefficient (Wildman–Crippen LogP) is 2.94. The molecule has 106 valence electrons. The van der Waals surface area contributed by atoms with Crippen LogP contribution >= 0.6 is 25.3 Å². The first-order valence-corrected chi connectivity index (χ1v) is 6.88. The molecule has 0 unspecified atom stereocenters. The first-order valence-electron chi connectivity index (χ1n) is 5.85. The molecular formula is C13H19NO3S2. The van der Waals surface area contributed by atoms with Gasteiger partial charge in [-0.3, -0.25) is 5.32 Å². The largest absolute Gasteiger partial charge is 0.449 e. The standard InChI is InChI=1S/C13H19NO3S2/c1-13(2,11(18)19)8-17-12(16)14-10-5-3-9(7-15)4-6-10/h3-6,11,15,18-19H,7-8H2,1-2H3,(H,14,16). The van der Waals surface area contributed by atoms with Crippen LogP contribution in [0.5, 0.6) is 0 Å². The fraction of sp³-hybridized carbons (Fsp3) is 0.462. The number of benzene rings is 1. The number of thiol groups is 2. The van der Waals surface area contributed by atoms with E-state index in [0.717, 1.165) is 5.56 Å². The number of carbonyl (C=O) groups excluding carboxylic acids is 1. The molecule has 0 radical (unpaired) electrons. The number of nitrogens with one attached hydrogen (secondary N) is 1. The summed E-state index contributed by atoms with van der Waals surface area (Å²) in [6.07, 6.45) is -0.521. The van der Waals surface area contributed by atoms with Gasteiger partial charge in [-0.15, -0.1) is 0 Å². The van der Waals surface area contributed by atoms with Gasteiger partial charge in [0.1, 0.15) is 6.61 Å². The van der Waals surface area contributed by atoms with Crippen LogP contribution in [0.25, 0.3) is 0 Å². The van der Waals surface area contributed by atoms with Crippen molar-refractivity contribution in [1.29, 1.82) is 0 Å². The van der Waals surface area contributed by atoms with Gasteiger partial charge in [0.25, 0.3) is 0 Å². The lowest BCUT2D eigenvalue weighted by molar-refractivity contribution is 0.118. The summed E-state index contributed by atoms with van der Waals surface area (Å²) in [6, 6.07) is 6.88. The third kappa shape index (κ3) is 5.34. The number of anilines is 1. The maximum Gasteiger partial charge on any atom is 0.411 e. The topological polar surface area (TPSA) is 58.6 Å². The summed E-state index contributed by atoms with van der Waals surface area (Å²) in [4.78, 5) is 11.6. The summed E-state index contributed by atoms with van der Waals surface area (Å²) in [5.74, 6) is 0. The molecule has 0 saturated carbocycles. The average Bonchev–Trinajstić information content (AvgIpc) is 2.37. The van der Waals surface area contributed by atoms with Crippen molar-refractivity contribution in [1.82, 2.24) is 0 Å². The van der Waals surface area contributed by atoms with Gasteiger partial charge in [0.2, 0.25) is 0 Å². The zero-order chi connectivity index (χ0) is 14.5. The van der Waals surface area contributed by atoms with Crippen molar-refractivity contribution in [2.75, 3.05) is 11.9 Å². The van der Waals surface area contributed by atoms with Crippen LogP contribution in [-0.4, -0.2) is 22.4 Å². The molecule has 0 heterocycles. The summed E-state index contributed by atoms with van der Waals surface area (Å²) in [6.45, 7) is 4.04. The van der Waals surface area contributed by atoms with E-state index in [-0.39, 0.29) is 23.2 Å². The average molecular weight is 301 g/mol. The number of aliphatic hydroxyl groups excluding tert-OH is 1. The van der Waals surface area contributed by atoms with Crippen molar-refractivity contribution in [3.05, 3.63) is 29.8 Å². The van der Waals surface area contributed by atoms with E-state index in [0.29, 0.717) is 5.69 Å². The third-order valence-electron chi connectivity index (χ3n) is 2.66. The Hall–Kier alpha value is -0.850. The Morgan fingerprint density at radius 2 is 1.95 bits per heavy atom. The Kier molecular flexibility index (Phi) is 6.03. The van der Waals surface area contributed by atoms with Gasteiger partial charge in [-0.1, -0.05) is 26.0 Å². The zero-order valence-electron chi connectivity index (χ0n) is 11.0. The molecular weight excluding hydrogens is 282 g/mol. The second kappa shape index (κ2) is 7.07. The lowest BCUT2D eigenvalue weighted by Gasteiger charge is -2.26. The molecule has 6 heteroatoms. The SMILES string of the molecule is CC(C)(COC(=O)Nc1ccc(CO)cc1)C(S)S. The molecule has 0 aliphatic heterocycles. The highest BCUT2D eigenvalue weighted by Crippen LogP contribution is 2.28. The predicted molar refractivity (Wildman–Crippen MR) is 82.9 cm³/mol. The zero-order valence-corrected chi connectivity index (χ0v) is 12.7. The summed E-state index contributed by atoms with van der Waals surface area (Å²) in [7, 11) is 0. The molecule has 0 atom stereocenters. The molecule has 1 aromatic rings. The number of aliphatic hydroxyl groups is 1. The van der Waals surface area contributed by atoms with Gasteiger partial charge in [0, 0.05) is 11.1 Å². The highest BCUT2D eigenvalue weighted by atomic mass is 32.2. The fourth-order valence-electron chi connectivity index (χ4n) is 1.17. The minimum absolute atomic E-state index is 0.0236. The van der Waals surface area contributed by atoms with E-state index in [9.17, 15) is 4.79 Å². The van der Waals surface area contributed by atoms with Gasteiger partial charge in [-0.25, -0.2) is 4.79 Å². The Balaban J connectivity index is 2.47. The maximum absolute atomic E-state index is 11.6. The molecule has 1 rings (SSSR count). The summed E-state index contributed by atoms with van der Waals surface area (Å²) in [5.41, 5.74) is 1.09. The molecule has 0 aliphatic carbocycles. The van der Waals surface area contributed by atoms with Gasteiger partial charge in [-0.05, 0) is 17.7 Å². The molecule has 4 nitrogen and oxygen atoms in total. The Morgan fingerprint density at radius 3 is 2.42 bits per heavy atom. The van der Waals surface area contributed by atoms with Crippen LogP contribution in [0.4, 0.5) is 10.5 Å². The monoisotopic (exact) mass is 301 g/mol. The van der Waals surface area contributed by atoms with Gasteiger partial charge in [0.05, 0.1) is 11.2 Å². The molecule has 0 aliphatic rings. The molecule has 0 spiro atoms. The Morgan fingerprint density at radius 1 is 1.37 bits per heavy atom. The van der Waals surface area contributed by atoms with E-state index < -0.39 is 6.09 Å². The molecule has 0 fully saturated rings. The van der Waals surface area contributed by atoms with E-state index in [4.69, 9.17) is 9.84 Å². The van der Waals surface area contributed by atoms with Gasteiger partial charge < -0.3 is 9.84 Å². The summed E-state index contributed by atoms with van der Waals surface area (Å²) in [5, 5.41) is 11.5. The molecule has 0 saturated heterocycles. The normalized spacial score (nSPS) is 11.5. The van der Waals surface area contributed by atoms with E-state index in [1.54, 1.807) is 24.3 Å². The minimum atomic E-state index is -0.521. The Bertz CT molecular complexity index is 418. The highest BCUT2D eigenvalue weighted by Gasteiger charge is 2.25.